The molecule has 0 fully saturated rings. The minimum atomic E-state index is 0.0559. The van der Waals surface area contributed by atoms with E-state index in [1.54, 1.807) is 0 Å². The number of halogens is 1. The van der Waals surface area contributed by atoms with Crippen LogP contribution in [0, 0.1) is 0 Å². The van der Waals surface area contributed by atoms with Crippen molar-refractivity contribution >= 4 is 34.0 Å². The maximum Gasteiger partial charge on any atom is 0.228 e. The molecule has 1 aliphatic heterocycles. The Labute approximate surface area is 175 Å². The molecule has 1 aliphatic rings. The van der Waals surface area contributed by atoms with Gasteiger partial charge in [-0.2, -0.15) is 0 Å². The number of rotatable bonds is 3. The number of nitrogens with zero attached hydrogens (tertiary/aromatic N) is 1. The van der Waals surface area contributed by atoms with Crippen LogP contribution >= 0.6 is 11.6 Å². The van der Waals surface area contributed by atoms with E-state index < -0.39 is 0 Å². The van der Waals surface area contributed by atoms with Gasteiger partial charge in [-0.15, -0.1) is 0 Å². The standard InChI is InChI=1S/C26H20ClNO/c27-21-11-6-7-18(15-21)17-28-24-14-13-20-10-4-5-12-22(20)26(24)23(16-25(28)29)19-8-2-1-3-9-19/h1-15,23H,16-17H2. The quantitative estimate of drug-likeness (QED) is 0.383. The van der Waals surface area contributed by atoms with Crippen molar-refractivity contribution in [1.29, 1.82) is 0 Å². The smallest absolute Gasteiger partial charge is 0.228 e. The van der Waals surface area contributed by atoms with Crippen LogP contribution in [-0.4, -0.2) is 5.91 Å². The number of amides is 1. The number of anilines is 1. The fourth-order valence-electron chi connectivity index (χ4n) is 4.37. The predicted molar refractivity (Wildman–Crippen MR) is 119 cm³/mol. The van der Waals surface area contributed by atoms with Crippen molar-refractivity contribution in [1.82, 2.24) is 0 Å². The molecule has 2 nitrogen and oxygen atoms in total. The molecule has 3 heteroatoms. The second-order valence-corrected chi connectivity index (χ2v) is 7.93. The highest BCUT2D eigenvalue weighted by molar-refractivity contribution is 6.30. The first-order valence-electron chi connectivity index (χ1n) is 9.82. The highest BCUT2D eigenvalue weighted by Gasteiger charge is 2.33. The zero-order valence-electron chi connectivity index (χ0n) is 15.9. The van der Waals surface area contributed by atoms with Gasteiger partial charge in [0.05, 0.1) is 6.54 Å². The van der Waals surface area contributed by atoms with E-state index in [2.05, 4.69) is 48.5 Å². The fraction of sp³-hybridized carbons (Fsp3) is 0.115. The average molecular weight is 398 g/mol. The van der Waals surface area contributed by atoms with Gasteiger partial charge in [-0.25, -0.2) is 0 Å². The Bertz CT molecular complexity index is 1200. The maximum absolute atomic E-state index is 13.3. The second-order valence-electron chi connectivity index (χ2n) is 7.50. The predicted octanol–water partition coefficient (Wildman–Crippen LogP) is 6.56. The molecular formula is C26H20ClNO. The molecule has 0 spiro atoms. The first-order valence-corrected chi connectivity index (χ1v) is 10.2. The maximum atomic E-state index is 13.3. The first-order chi connectivity index (χ1) is 14.2. The molecule has 1 atom stereocenters. The molecule has 5 rings (SSSR count). The van der Waals surface area contributed by atoms with Crippen LogP contribution < -0.4 is 4.90 Å². The lowest BCUT2D eigenvalue weighted by atomic mass is 9.81. The molecule has 1 unspecified atom stereocenters. The van der Waals surface area contributed by atoms with Gasteiger partial charge in [0.1, 0.15) is 0 Å². The number of carbonyl (C=O) groups is 1. The summed E-state index contributed by atoms with van der Waals surface area (Å²) >= 11 is 6.18. The van der Waals surface area contributed by atoms with Gasteiger partial charge in [0.15, 0.2) is 0 Å². The van der Waals surface area contributed by atoms with Gasteiger partial charge in [-0.1, -0.05) is 84.4 Å². The van der Waals surface area contributed by atoms with Crippen LogP contribution in [0.5, 0.6) is 0 Å². The third-order valence-electron chi connectivity index (χ3n) is 5.70. The molecule has 0 N–H and O–H groups in total. The Hall–Kier alpha value is -3.10. The van der Waals surface area contributed by atoms with Crippen molar-refractivity contribution in [2.75, 3.05) is 4.90 Å². The molecule has 0 bridgehead atoms. The summed E-state index contributed by atoms with van der Waals surface area (Å²) in [5.74, 6) is 0.196. The van der Waals surface area contributed by atoms with Gasteiger partial charge >= 0.3 is 0 Å². The minimum absolute atomic E-state index is 0.0559. The van der Waals surface area contributed by atoms with Crippen LogP contribution in [-0.2, 0) is 11.3 Å². The third-order valence-corrected chi connectivity index (χ3v) is 5.93. The fourth-order valence-corrected chi connectivity index (χ4v) is 4.58. The SMILES string of the molecule is O=C1CC(c2ccccc2)c2c(ccc3ccccc23)N1Cc1cccc(Cl)c1. The van der Waals surface area contributed by atoms with E-state index in [4.69, 9.17) is 11.6 Å². The van der Waals surface area contributed by atoms with Crippen LogP contribution in [0.2, 0.25) is 5.02 Å². The third kappa shape index (κ3) is 3.30. The van der Waals surface area contributed by atoms with E-state index in [0.717, 1.165) is 11.3 Å². The van der Waals surface area contributed by atoms with Crippen molar-refractivity contribution in [3.05, 3.63) is 113 Å². The Morgan fingerprint density at radius 1 is 0.862 bits per heavy atom. The normalized spacial score (nSPS) is 16.1. The lowest BCUT2D eigenvalue weighted by Gasteiger charge is -2.35. The van der Waals surface area contributed by atoms with Gasteiger partial charge in [0.2, 0.25) is 5.91 Å². The van der Waals surface area contributed by atoms with E-state index in [-0.39, 0.29) is 11.8 Å². The summed E-state index contributed by atoms with van der Waals surface area (Å²) in [5, 5.41) is 3.10. The van der Waals surface area contributed by atoms with Crippen molar-refractivity contribution in [3.63, 3.8) is 0 Å². The van der Waals surface area contributed by atoms with Crippen LogP contribution in [0.3, 0.4) is 0 Å². The van der Waals surface area contributed by atoms with E-state index >= 15 is 0 Å². The van der Waals surface area contributed by atoms with E-state index in [0.29, 0.717) is 18.0 Å². The van der Waals surface area contributed by atoms with Crippen molar-refractivity contribution in [2.45, 2.75) is 18.9 Å². The van der Waals surface area contributed by atoms with Gasteiger partial charge in [-0.3, -0.25) is 4.79 Å². The topological polar surface area (TPSA) is 20.3 Å². The van der Waals surface area contributed by atoms with Gasteiger partial charge in [-0.05, 0) is 45.7 Å². The number of hydrogen-bond donors (Lipinski definition) is 0. The van der Waals surface area contributed by atoms with Gasteiger partial charge < -0.3 is 4.90 Å². The summed E-state index contributed by atoms with van der Waals surface area (Å²) in [4.78, 5) is 15.2. The number of fused-ring (bicyclic) bond motifs is 3. The summed E-state index contributed by atoms with van der Waals surface area (Å²) in [6, 6.07) is 30.7. The van der Waals surface area contributed by atoms with Crippen molar-refractivity contribution in [3.8, 4) is 0 Å². The zero-order chi connectivity index (χ0) is 19.8. The highest BCUT2D eigenvalue weighted by atomic mass is 35.5. The Balaban J connectivity index is 1.68. The molecule has 4 aromatic rings. The van der Waals surface area contributed by atoms with Crippen LogP contribution in [0.15, 0.2) is 91.0 Å². The molecule has 4 aromatic carbocycles. The molecule has 0 aliphatic carbocycles. The second kappa shape index (κ2) is 7.38. The minimum Gasteiger partial charge on any atom is -0.308 e. The zero-order valence-corrected chi connectivity index (χ0v) is 16.6. The highest BCUT2D eigenvalue weighted by Crippen LogP contribution is 2.44. The molecular weight excluding hydrogens is 378 g/mol. The van der Waals surface area contributed by atoms with Crippen molar-refractivity contribution in [2.24, 2.45) is 0 Å². The summed E-state index contributed by atoms with van der Waals surface area (Å²) in [7, 11) is 0. The molecule has 0 saturated carbocycles. The van der Waals surface area contributed by atoms with E-state index in [1.807, 2.05) is 47.4 Å². The summed E-state index contributed by atoms with van der Waals surface area (Å²) in [5.41, 5.74) is 4.44. The van der Waals surface area contributed by atoms with Crippen LogP contribution in [0.4, 0.5) is 5.69 Å². The number of carbonyl (C=O) groups excluding carboxylic acids is 1. The largest absolute Gasteiger partial charge is 0.308 e. The van der Waals surface area contributed by atoms with Gasteiger partial charge in [0.25, 0.3) is 0 Å². The lowest BCUT2D eigenvalue weighted by molar-refractivity contribution is -0.119. The molecule has 29 heavy (non-hydrogen) atoms. The molecule has 0 saturated heterocycles. The lowest BCUT2D eigenvalue weighted by Crippen LogP contribution is -2.36. The first kappa shape index (κ1) is 18.0. The van der Waals surface area contributed by atoms with E-state index in [9.17, 15) is 4.79 Å². The summed E-state index contributed by atoms with van der Waals surface area (Å²) in [6.45, 7) is 0.520. The Morgan fingerprint density at radius 2 is 1.66 bits per heavy atom. The molecule has 1 amide bonds. The number of benzene rings is 4. The average Bonchev–Trinajstić information content (AvgIpc) is 2.76. The molecule has 0 aromatic heterocycles. The summed E-state index contributed by atoms with van der Waals surface area (Å²) < 4.78 is 0. The van der Waals surface area contributed by atoms with Crippen LogP contribution in [0.25, 0.3) is 10.8 Å². The molecule has 0 radical (unpaired) electrons. The van der Waals surface area contributed by atoms with Crippen molar-refractivity contribution < 1.29 is 4.79 Å². The van der Waals surface area contributed by atoms with Gasteiger partial charge in [0, 0.05) is 23.0 Å². The molecule has 1 heterocycles. The Kier molecular flexibility index (Phi) is 4.57. The van der Waals surface area contributed by atoms with E-state index in [1.165, 1.54) is 21.9 Å². The summed E-state index contributed by atoms with van der Waals surface area (Å²) in [6.07, 6.45) is 0.464. The molecule has 142 valence electrons. The Morgan fingerprint density at radius 3 is 2.48 bits per heavy atom. The van der Waals surface area contributed by atoms with Crippen LogP contribution in [0.1, 0.15) is 29.0 Å². The number of hydrogen-bond acceptors (Lipinski definition) is 1. The monoisotopic (exact) mass is 397 g/mol.